The summed E-state index contributed by atoms with van der Waals surface area (Å²) >= 11 is 7.60. The average Bonchev–Trinajstić information content (AvgIpc) is 2.73. The Bertz CT molecular complexity index is 1100. The minimum Gasteiger partial charge on any atom is -0.352 e. The van der Waals surface area contributed by atoms with Gasteiger partial charge in [-0.2, -0.15) is 0 Å². The molecule has 156 valence electrons. The molecule has 0 aliphatic heterocycles. The Kier molecular flexibility index (Phi) is 7.55. The van der Waals surface area contributed by atoms with E-state index in [1.807, 2.05) is 48.5 Å². The van der Waals surface area contributed by atoms with Crippen molar-refractivity contribution in [2.75, 3.05) is 6.54 Å². The van der Waals surface area contributed by atoms with Crippen LogP contribution in [0.5, 0.6) is 0 Å². The van der Waals surface area contributed by atoms with Crippen LogP contribution in [0.3, 0.4) is 0 Å². The number of nitrogens with one attached hydrogen (secondary N) is 1. The lowest BCUT2D eigenvalue weighted by atomic mass is 10.1. The Morgan fingerprint density at radius 3 is 2.10 bits per heavy atom. The van der Waals surface area contributed by atoms with E-state index in [0.717, 1.165) is 26.8 Å². The monoisotopic (exact) mass is 460 g/mol. The molecule has 0 saturated carbocycles. The summed E-state index contributed by atoms with van der Waals surface area (Å²) in [5.41, 5.74) is 2.64. The number of carbonyl (C=O) groups excluding carboxylic acids is 1. The second kappa shape index (κ2) is 10.1. The van der Waals surface area contributed by atoms with E-state index in [9.17, 15) is 13.2 Å². The van der Waals surface area contributed by atoms with Crippen LogP contribution in [0.2, 0.25) is 5.02 Å². The maximum atomic E-state index is 12.3. The zero-order chi connectivity index (χ0) is 21.6. The minimum atomic E-state index is -3.69. The van der Waals surface area contributed by atoms with Crippen molar-refractivity contribution in [3.05, 3.63) is 94.5 Å². The van der Waals surface area contributed by atoms with Gasteiger partial charge in [0.05, 0.1) is 4.90 Å². The van der Waals surface area contributed by atoms with Gasteiger partial charge in [0.1, 0.15) is 0 Å². The third-order valence-corrected chi connectivity index (χ3v) is 6.65. The summed E-state index contributed by atoms with van der Waals surface area (Å²) < 4.78 is 22.5. The van der Waals surface area contributed by atoms with Crippen molar-refractivity contribution in [1.82, 2.24) is 5.32 Å². The topological polar surface area (TPSA) is 89.3 Å². The van der Waals surface area contributed by atoms with E-state index in [1.54, 1.807) is 23.9 Å². The van der Waals surface area contributed by atoms with E-state index in [4.69, 9.17) is 16.7 Å². The van der Waals surface area contributed by atoms with E-state index in [1.165, 1.54) is 12.1 Å². The second-order valence-electron chi connectivity index (χ2n) is 6.63. The van der Waals surface area contributed by atoms with Gasteiger partial charge >= 0.3 is 0 Å². The SMILES string of the molecule is NS(=O)(=O)c1ccc(CCNC(=O)c2ccc(CSc3ccc(Cl)cc3)cc2)cc1. The number of halogens is 1. The Balaban J connectivity index is 1.46. The van der Waals surface area contributed by atoms with Crippen LogP contribution in [0.15, 0.2) is 82.6 Å². The van der Waals surface area contributed by atoms with Crippen molar-refractivity contribution < 1.29 is 13.2 Å². The highest BCUT2D eigenvalue weighted by atomic mass is 35.5. The lowest BCUT2D eigenvalue weighted by molar-refractivity contribution is 0.0954. The van der Waals surface area contributed by atoms with Crippen LogP contribution in [0.25, 0.3) is 0 Å². The van der Waals surface area contributed by atoms with E-state index in [2.05, 4.69) is 5.32 Å². The molecule has 5 nitrogen and oxygen atoms in total. The molecule has 0 atom stereocenters. The van der Waals surface area contributed by atoms with Crippen molar-refractivity contribution in [2.45, 2.75) is 22.0 Å². The Hall–Kier alpha value is -2.32. The lowest BCUT2D eigenvalue weighted by Gasteiger charge is -2.07. The number of rotatable bonds is 8. The number of primary sulfonamides is 1. The number of nitrogens with two attached hydrogens (primary N) is 1. The Labute approximate surface area is 185 Å². The lowest BCUT2D eigenvalue weighted by Crippen LogP contribution is -2.25. The molecule has 30 heavy (non-hydrogen) atoms. The number of thioether (sulfide) groups is 1. The number of carbonyl (C=O) groups is 1. The first kappa shape index (κ1) is 22.4. The Morgan fingerprint density at radius 1 is 0.900 bits per heavy atom. The van der Waals surface area contributed by atoms with Gasteiger partial charge in [-0.1, -0.05) is 35.9 Å². The van der Waals surface area contributed by atoms with Crippen LogP contribution in [0.4, 0.5) is 0 Å². The summed E-state index contributed by atoms with van der Waals surface area (Å²) in [7, 11) is -3.69. The van der Waals surface area contributed by atoms with Crippen LogP contribution in [-0.2, 0) is 22.2 Å². The standard InChI is InChI=1S/C22H21ClN2O3S2/c23-19-7-9-20(10-8-19)29-15-17-1-5-18(6-2-17)22(26)25-14-13-16-3-11-21(12-4-16)30(24,27)28/h1-12H,13-15H2,(H,25,26)(H2,24,27,28). The fourth-order valence-electron chi connectivity index (χ4n) is 2.72. The molecule has 3 aromatic rings. The van der Waals surface area contributed by atoms with Crippen LogP contribution < -0.4 is 10.5 Å². The van der Waals surface area contributed by atoms with Gasteiger partial charge in [-0.05, 0) is 66.1 Å². The zero-order valence-electron chi connectivity index (χ0n) is 16.0. The summed E-state index contributed by atoms with van der Waals surface area (Å²) in [5.74, 6) is 0.658. The Morgan fingerprint density at radius 2 is 1.50 bits per heavy atom. The summed E-state index contributed by atoms with van der Waals surface area (Å²) in [6.07, 6.45) is 0.590. The summed E-state index contributed by atoms with van der Waals surface area (Å²) in [6, 6.07) is 21.5. The minimum absolute atomic E-state index is 0.0737. The smallest absolute Gasteiger partial charge is 0.251 e. The van der Waals surface area contributed by atoms with E-state index >= 15 is 0 Å². The van der Waals surface area contributed by atoms with Crippen molar-refractivity contribution >= 4 is 39.3 Å². The average molecular weight is 461 g/mol. The van der Waals surface area contributed by atoms with Gasteiger partial charge < -0.3 is 5.32 Å². The number of sulfonamides is 1. The second-order valence-corrected chi connectivity index (χ2v) is 9.68. The quantitative estimate of drug-likeness (QED) is 0.492. The molecule has 0 bridgehead atoms. The van der Waals surface area contributed by atoms with Crippen molar-refractivity contribution in [1.29, 1.82) is 0 Å². The molecule has 0 spiro atoms. The zero-order valence-corrected chi connectivity index (χ0v) is 18.4. The first-order valence-corrected chi connectivity index (χ1v) is 12.1. The van der Waals surface area contributed by atoms with Crippen molar-refractivity contribution in [2.24, 2.45) is 5.14 Å². The van der Waals surface area contributed by atoms with E-state index in [0.29, 0.717) is 18.5 Å². The summed E-state index contributed by atoms with van der Waals surface area (Å²) in [4.78, 5) is 13.5. The molecule has 3 rings (SSSR count). The normalized spacial score (nSPS) is 11.3. The molecule has 0 aliphatic carbocycles. The number of hydrogen-bond acceptors (Lipinski definition) is 4. The van der Waals surface area contributed by atoms with Gasteiger partial charge in [-0.3, -0.25) is 4.79 Å². The van der Waals surface area contributed by atoms with Crippen LogP contribution in [0, 0.1) is 0 Å². The number of hydrogen-bond donors (Lipinski definition) is 2. The number of amides is 1. The third-order valence-electron chi connectivity index (χ3n) is 4.39. The maximum Gasteiger partial charge on any atom is 0.251 e. The van der Waals surface area contributed by atoms with Crippen LogP contribution in [0.1, 0.15) is 21.5 Å². The van der Waals surface area contributed by atoms with E-state index in [-0.39, 0.29) is 10.8 Å². The highest BCUT2D eigenvalue weighted by Crippen LogP contribution is 2.24. The largest absolute Gasteiger partial charge is 0.352 e. The third kappa shape index (κ3) is 6.60. The molecule has 3 N–H and O–H groups in total. The molecule has 8 heteroatoms. The van der Waals surface area contributed by atoms with Crippen molar-refractivity contribution in [3.8, 4) is 0 Å². The summed E-state index contributed by atoms with van der Waals surface area (Å²) in [5, 5.41) is 8.68. The first-order chi connectivity index (χ1) is 14.3. The predicted molar refractivity (Wildman–Crippen MR) is 121 cm³/mol. The van der Waals surface area contributed by atoms with Gasteiger partial charge in [-0.25, -0.2) is 13.6 Å². The molecule has 0 radical (unpaired) electrons. The fraction of sp³-hybridized carbons (Fsp3) is 0.136. The van der Waals surface area contributed by atoms with Gasteiger partial charge in [0, 0.05) is 27.8 Å². The van der Waals surface area contributed by atoms with Crippen LogP contribution >= 0.6 is 23.4 Å². The molecular formula is C22H21ClN2O3S2. The predicted octanol–water partition coefficient (Wildman–Crippen LogP) is 4.25. The maximum absolute atomic E-state index is 12.3. The molecule has 0 fully saturated rings. The highest BCUT2D eigenvalue weighted by Gasteiger charge is 2.08. The molecular weight excluding hydrogens is 440 g/mol. The van der Waals surface area contributed by atoms with Crippen molar-refractivity contribution in [3.63, 3.8) is 0 Å². The highest BCUT2D eigenvalue weighted by molar-refractivity contribution is 7.98. The van der Waals surface area contributed by atoms with Gasteiger partial charge in [0.2, 0.25) is 10.0 Å². The van der Waals surface area contributed by atoms with Gasteiger partial charge in [0.15, 0.2) is 0 Å². The molecule has 3 aromatic carbocycles. The van der Waals surface area contributed by atoms with E-state index < -0.39 is 10.0 Å². The fourth-order valence-corrected chi connectivity index (χ4v) is 4.21. The molecule has 0 heterocycles. The summed E-state index contributed by atoms with van der Waals surface area (Å²) in [6.45, 7) is 0.446. The van der Waals surface area contributed by atoms with Crippen LogP contribution in [-0.4, -0.2) is 20.9 Å². The molecule has 0 saturated heterocycles. The first-order valence-electron chi connectivity index (χ1n) is 9.18. The molecule has 0 unspecified atom stereocenters. The molecule has 0 aromatic heterocycles. The number of benzene rings is 3. The molecule has 0 aliphatic rings. The van der Waals surface area contributed by atoms with Gasteiger partial charge in [-0.15, -0.1) is 11.8 Å². The van der Waals surface area contributed by atoms with Gasteiger partial charge in [0.25, 0.3) is 5.91 Å². The molecule has 1 amide bonds.